The van der Waals surface area contributed by atoms with E-state index in [0.717, 1.165) is 0 Å². The van der Waals surface area contributed by atoms with E-state index < -0.39 is 27.1 Å². The predicted molar refractivity (Wildman–Crippen MR) is 80.7 cm³/mol. The Hall–Kier alpha value is -2.09. The zero-order valence-electron chi connectivity index (χ0n) is 12.6. The number of aliphatic carboxylic acids is 1. The first-order chi connectivity index (χ1) is 10.2. The molecule has 0 aliphatic rings. The van der Waals surface area contributed by atoms with Crippen molar-refractivity contribution in [2.75, 3.05) is 12.4 Å². The standard InChI is InChI=1S/C14H19NO6S/c1-9(2)22(19,20)12-6-5-11(15-14(18)21-3)8-10(12)4-7-13(16)17/h5-6,8-9H,4,7H2,1-3H3,(H,15,18)(H,16,17). The first-order valence-electron chi connectivity index (χ1n) is 6.62. The Labute approximate surface area is 129 Å². The molecule has 1 rings (SSSR count). The number of anilines is 1. The molecule has 0 saturated heterocycles. The third-order valence-electron chi connectivity index (χ3n) is 3.03. The van der Waals surface area contributed by atoms with E-state index in [1.165, 1.54) is 25.3 Å². The van der Waals surface area contributed by atoms with E-state index in [1.54, 1.807) is 13.8 Å². The lowest BCUT2D eigenvalue weighted by atomic mass is 10.1. The van der Waals surface area contributed by atoms with Gasteiger partial charge in [-0.3, -0.25) is 10.1 Å². The summed E-state index contributed by atoms with van der Waals surface area (Å²) in [7, 11) is -2.34. The van der Waals surface area contributed by atoms with Gasteiger partial charge < -0.3 is 9.84 Å². The summed E-state index contributed by atoms with van der Waals surface area (Å²) in [6.07, 6.45) is -0.848. The highest BCUT2D eigenvalue weighted by Crippen LogP contribution is 2.25. The molecule has 0 spiro atoms. The van der Waals surface area contributed by atoms with E-state index in [0.29, 0.717) is 11.3 Å². The van der Waals surface area contributed by atoms with Crippen molar-refractivity contribution in [1.29, 1.82) is 0 Å². The van der Waals surface area contributed by atoms with Gasteiger partial charge in [0.05, 0.1) is 17.3 Å². The summed E-state index contributed by atoms with van der Waals surface area (Å²) in [5.41, 5.74) is 0.694. The van der Waals surface area contributed by atoms with Crippen LogP contribution in [0.2, 0.25) is 0 Å². The monoisotopic (exact) mass is 329 g/mol. The van der Waals surface area contributed by atoms with Gasteiger partial charge >= 0.3 is 12.1 Å². The largest absolute Gasteiger partial charge is 0.481 e. The van der Waals surface area contributed by atoms with Crippen LogP contribution in [0.5, 0.6) is 0 Å². The molecule has 0 aliphatic heterocycles. The zero-order valence-corrected chi connectivity index (χ0v) is 13.4. The molecule has 0 aromatic heterocycles. The highest BCUT2D eigenvalue weighted by Gasteiger charge is 2.23. The summed E-state index contributed by atoms with van der Waals surface area (Å²) in [6, 6.07) is 4.27. The van der Waals surface area contributed by atoms with Crippen molar-refractivity contribution < 1.29 is 27.9 Å². The smallest absolute Gasteiger partial charge is 0.411 e. The van der Waals surface area contributed by atoms with Gasteiger partial charge in [0.1, 0.15) is 0 Å². The number of ether oxygens (including phenoxy) is 1. The molecule has 122 valence electrons. The fourth-order valence-corrected chi connectivity index (χ4v) is 3.09. The van der Waals surface area contributed by atoms with Crippen molar-refractivity contribution in [1.82, 2.24) is 0 Å². The van der Waals surface area contributed by atoms with E-state index in [9.17, 15) is 18.0 Å². The lowest BCUT2D eigenvalue weighted by molar-refractivity contribution is -0.136. The lowest BCUT2D eigenvalue weighted by Gasteiger charge is -2.14. The molecule has 1 aromatic rings. The average molecular weight is 329 g/mol. The van der Waals surface area contributed by atoms with Crippen LogP contribution < -0.4 is 5.32 Å². The molecule has 0 heterocycles. The van der Waals surface area contributed by atoms with Crippen molar-refractivity contribution >= 4 is 27.6 Å². The summed E-state index contributed by atoms with van der Waals surface area (Å²) in [6.45, 7) is 3.10. The van der Waals surface area contributed by atoms with Gasteiger partial charge in [0, 0.05) is 12.1 Å². The Morgan fingerprint density at radius 2 is 1.95 bits per heavy atom. The minimum atomic E-state index is -3.54. The summed E-state index contributed by atoms with van der Waals surface area (Å²) < 4.78 is 29.1. The Balaban J connectivity index is 3.26. The number of carboxylic acid groups (broad SMARTS) is 1. The fourth-order valence-electron chi connectivity index (χ4n) is 1.79. The van der Waals surface area contributed by atoms with E-state index in [-0.39, 0.29) is 17.7 Å². The maximum atomic E-state index is 12.3. The van der Waals surface area contributed by atoms with Gasteiger partial charge in [-0.25, -0.2) is 13.2 Å². The summed E-state index contributed by atoms with van der Waals surface area (Å²) in [5.74, 6) is -1.03. The second-order valence-electron chi connectivity index (χ2n) is 4.93. The number of benzene rings is 1. The average Bonchev–Trinajstić information content (AvgIpc) is 2.44. The summed E-state index contributed by atoms with van der Waals surface area (Å²) >= 11 is 0. The Morgan fingerprint density at radius 3 is 2.45 bits per heavy atom. The normalized spacial score (nSPS) is 11.3. The number of amides is 1. The Bertz CT molecular complexity index is 666. The number of sulfone groups is 1. The van der Waals surface area contributed by atoms with Crippen molar-refractivity contribution in [3.63, 3.8) is 0 Å². The summed E-state index contributed by atoms with van der Waals surface area (Å²) in [5, 5.41) is 10.6. The minimum Gasteiger partial charge on any atom is -0.481 e. The third-order valence-corrected chi connectivity index (χ3v) is 5.28. The molecule has 0 saturated carbocycles. The second kappa shape index (κ2) is 7.26. The quantitative estimate of drug-likeness (QED) is 0.826. The van der Waals surface area contributed by atoms with Crippen LogP contribution in [0.4, 0.5) is 10.5 Å². The number of carboxylic acids is 1. The van der Waals surface area contributed by atoms with Crippen LogP contribution in [0.25, 0.3) is 0 Å². The number of hydrogen-bond donors (Lipinski definition) is 2. The number of aryl methyl sites for hydroxylation is 1. The van der Waals surface area contributed by atoms with Crippen LogP contribution in [0.15, 0.2) is 23.1 Å². The molecule has 0 bridgehead atoms. The van der Waals surface area contributed by atoms with Crippen LogP contribution in [0.1, 0.15) is 25.8 Å². The molecule has 8 heteroatoms. The molecule has 1 amide bonds. The number of methoxy groups -OCH3 is 1. The van der Waals surface area contributed by atoms with Gasteiger partial charge in [-0.05, 0) is 44.0 Å². The first kappa shape index (κ1) is 18.0. The number of rotatable bonds is 6. The molecule has 2 N–H and O–H groups in total. The predicted octanol–water partition coefficient (Wildman–Crippen LogP) is 2.06. The topological polar surface area (TPSA) is 110 Å². The molecular formula is C14H19NO6S. The highest BCUT2D eigenvalue weighted by atomic mass is 32.2. The van der Waals surface area contributed by atoms with E-state index in [2.05, 4.69) is 10.1 Å². The third kappa shape index (κ3) is 4.45. The van der Waals surface area contributed by atoms with Crippen molar-refractivity contribution in [3.8, 4) is 0 Å². The molecule has 0 radical (unpaired) electrons. The molecule has 0 fully saturated rings. The number of nitrogens with one attached hydrogen (secondary N) is 1. The molecular weight excluding hydrogens is 310 g/mol. The van der Waals surface area contributed by atoms with Crippen LogP contribution in [-0.2, 0) is 25.8 Å². The van der Waals surface area contributed by atoms with Gasteiger partial charge in [0.2, 0.25) is 0 Å². The van der Waals surface area contributed by atoms with E-state index in [4.69, 9.17) is 5.11 Å². The van der Waals surface area contributed by atoms with E-state index >= 15 is 0 Å². The van der Waals surface area contributed by atoms with Crippen molar-refractivity contribution in [3.05, 3.63) is 23.8 Å². The lowest BCUT2D eigenvalue weighted by Crippen LogP contribution is -2.17. The molecule has 22 heavy (non-hydrogen) atoms. The molecule has 1 aromatic carbocycles. The number of carbonyl (C=O) groups is 2. The summed E-state index contributed by atoms with van der Waals surface area (Å²) in [4.78, 5) is 22.0. The molecule has 0 aliphatic carbocycles. The van der Waals surface area contributed by atoms with Gasteiger partial charge in [-0.1, -0.05) is 0 Å². The SMILES string of the molecule is COC(=O)Nc1ccc(S(=O)(=O)C(C)C)c(CCC(=O)O)c1. The minimum absolute atomic E-state index is 0.0489. The van der Waals surface area contributed by atoms with E-state index in [1.807, 2.05) is 0 Å². The van der Waals surface area contributed by atoms with Crippen molar-refractivity contribution in [2.24, 2.45) is 0 Å². The molecule has 0 atom stereocenters. The zero-order chi connectivity index (χ0) is 16.9. The molecule has 7 nitrogen and oxygen atoms in total. The maximum Gasteiger partial charge on any atom is 0.411 e. The Kier molecular flexibility index (Phi) is 5.92. The van der Waals surface area contributed by atoms with Gasteiger partial charge in [-0.2, -0.15) is 0 Å². The van der Waals surface area contributed by atoms with Crippen LogP contribution in [-0.4, -0.2) is 37.9 Å². The van der Waals surface area contributed by atoms with Gasteiger partial charge in [-0.15, -0.1) is 0 Å². The second-order valence-corrected chi connectivity index (χ2v) is 7.40. The number of carbonyl (C=O) groups excluding carboxylic acids is 1. The van der Waals surface area contributed by atoms with Gasteiger partial charge in [0.25, 0.3) is 0 Å². The fraction of sp³-hybridized carbons (Fsp3) is 0.429. The van der Waals surface area contributed by atoms with Gasteiger partial charge in [0.15, 0.2) is 9.84 Å². The van der Waals surface area contributed by atoms with Crippen LogP contribution >= 0.6 is 0 Å². The maximum absolute atomic E-state index is 12.3. The highest BCUT2D eigenvalue weighted by molar-refractivity contribution is 7.92. The first-order valence-corrected chi connectivity index (χ1v) is 8.16. The van der Waals surface area contributed by atoms with Crippen LogP contribution in [0, 0.1) is 0 Å². The Morgan fingerprint density at radius 1 is 1.32 bits per heavy atom. The van der Waals surface area contributed by atoms with Crippen molar-refractivity contribution in [2.45, 2.75) is 36.8 Å². The molecule has 0 unspecified atom stereocenters. The van der Waals surface area contributed by atoms with Crippen LogP contribution in [0.3, 0.4) is 0 Å². The number of hydrogen-bond acceptors (Lipinski definition) is 5.